The minimum atomic E-state index is -1.13. The Bertz CT molecular complexity index is 1200. The molecule has 2 aliphatic rings. The van der Waals surface area contributed by atoms with Gasteiger partial charge in [-0.05, 0) is 66.4 Å². The Hall–Kier alpha value is -3.85. The van der Waals surface area contributed by atoms with Crippen molar-refractivity contribution in [2.45, 2.75) is 44.4 Å². The van der Waals surface area contributed by atoms with Crippen molar-refractivity contribution in [3.63, 3.8) is 0 Å². The number of aliphatic carboxylic acids is 1. The molecule has 1 aromatic heterocycles. The van der Waals surface area contributed by atoms with E-state index in [4.69, 9.17) is 0 Å². The van der Waals surface area contributed by atoms with Crippen molar-refractivity contribution in [1.29, 1.82) is 0 Å². The van der Waals surface area contributed by atoms with Gasteiger partial charge in [-0.3, -0.25) is 4.90 Å². The van der Waals surface area contributed by atoms with Crippen molar-refractivity contribution in [3.8, 4) is 0 Å². The van der Waals surface area contributed by atoms with Crippen LogP contribution in [0.2, 0.25) is 0 Å². The van der Waals surface area contributed by atoms with Crippen LogP contribution in [0.25, 0.3) is 0 Å². The fourth-order valence-electron chi connectivity index (χ4n) is 5.48. The van der Waals surface area contributed by atoms with Crippen molar-refractivity contribution >= 4 is 40.7 Å². The second-order valence-electron chi connectivity index (χ2n) is 9.36. The SMILES string of the molecule is CCN(Cc1ccsc1)C(=O)N1[C@H]2CC[C@@H]1[C@@H](C(=O)O)N(C(=O)N(c1ccccc1)c1ccccc1)C2. The molecule has 192 valence electrons. The number of fused-ring (bicyclic) bond motifs is 2. The molecule has 2 aromatic carbocycles. The van der Waals surface area contributed by atoms with E-state index in [9.17, 15) is 19.5 Å². The van der Waals surface area contributed by atoms with Crippen LogP contribution in [0.1, 0.15) is 25.3 Å². The molecule has 9 heteroatoms. The monoisotopic (exact) mass is 518 g/mol. The van der Waals surface area contributed by atoms with E-state index in [-0.39, 0.29) is 18.6 Å². The molecular weight excluding hydrogens is 488 g/mol. The van der Waals surface area contributed by atoms with Gasteiger partial charge in [-0.2, -0.15) is 11.3 Å². The minimum Gasteiger partial charge on any atom is -0.480 e. The van der Waals surface area contributed by atoms with Gasteiger partial charge in [-0.15, -0.1) is 0 Å². The van der Waals surface area contributed by atoms with Crippen LogP contribution in [0.4, 0.5) is 21.0 Å². The fraction of sp³-hybridized carbons (Fsp3) is 0.321. The smallest absolute Gasteiger partial charge is 0.329 e. The third-order valence-corrected chi connectivity index (χ3v) is 7.93. The number of anilines is 2. The number of piperazine rings is 1. The van der Waals surface area contributed by atoms with E-state index in [1.165, 1.54) is 4.90 Å². The first kappa shape index (κ1) is 24.8. The van der Waals surface area contributed by atoms with E-state index in [2.05, 4.69) is 0 Å². The summed E-state index contributed by atoms with van der Waals surface area (Å²) in [4.78, 5) is 46.9. The van der Waals surface area contributed by atoms with Gasteiger partial charge in [0.1, 0.15) is 0 Å². The van der Waals surface area contributed by atoms with Gasteiger partial charge in [0.15, 0.2) is 6.04 Å². The van der Waals surface area contributed by atoms with Crippen LogP contribution in [-0.2, 0) is 11.3 Å². The first-order chi connectivity index (χ1) is 18.0. The second kappa shape index (κ2) is 10.6. The number of benzene rings is 2. The molecule has 3 atom stereocenters. The average molecular weight is 519 g/mol. The van der Waals surface area contributed by atoms with Gasteiger partial charge >= 0.3 is 18.0 Å². The molecule has 0 radical (unpaired) electrons. The number of para-hydroxylation sites is 2. The van der Waals surface area contributed by atoms with Crippen molar-refractivity contribution in [1.82, 2.24) is 14.7 Å². The highest BCUT2D eigenvalue weighted by atomic mass is 32.1. The zero-order valence-electron chi connectivity index (χ0n) is 20.6. The van der Waals surface area contributed by atoms with E-state index in [0.29, 0.717) is 37.3 Å². The highest BCUT2D eigenvalue weighted by molar-refractivity contribution is 7.07. The number of hydrogen-bond donors (Lipinski definition) is 1. The molecule has 2 saturated heterocycles. The number of carbonyl (C=O) groups excluding carboxylic acids is 2. The standard InChI is InChI=1S/C28H30N4O4S/c1-2-29(17-20-15-16-37-19-20)27(35)32-23-13-14-24(32)25(26(33)34)30(18-23)28(36)31(21-9-5-3-6-10-21)22-11-7-4-8-12-22/h3-12,15-16,19,23-25H,2,13-14,17-18H2,1H3,(H,33,34)/t23-,24+,25-/m0/s1. The van der Waals surface area contributed by atoms with Crippen LogP contribution in [0.3, 0.4) is 0 Å². The Morgan fingerprint density at radius 2 is 1.59 bits per heavy atom. The van der Waals surface area contributed by atoms with Crippen LogP contribution in [0, 0.1) is 0 Å². The molecule has 3 aromatic rings. The molecule has 5 rings (SSSR count). The van der Waals surface area contributed by atoms with E-state index < -0.39 is 24.1 Å². The molecule has 3 heterocycles. The van der Waals surface area contributed by atoms with Crippen LogP contribution < -0.4 is 4.90 Å². The molecule has 8 nitrogen and oxygen atoms in total. The summed E-state index contributed by atoms with van der Waals surface area (Å²) in [6.45, 7) is 3.09. The van der Waals surface area contributed by atoms with Crippen molar-refractivity contribution < 1.29 is 19.5 Å². The maximum Gasteiger partial charge on any atom is 0.329 e. The van der Waals surface area contributed by atoms with E-state index in [1.54, 1.807) is 26.0 Å². The lowest BCUT2D eigenvalue weighted by Crippen LogP contribution is -2.67. The number of carboxylic acid groups (broad SMARTS) is 1. The number of nitrogens with zero attached hydrogens (tertiary/aromatic N) is 4. The summed E-state index contributed by atoms with van der Waals surface area (Å²) in [5, 5.41) is 14.3. The zero-order valence-corrected chi connectivity index (χ0v) is 21.5. The summed E-state index contributed by atoms with van der Waals surface area (Å²) in [5.74, 6) is -1.10. The van der Waals surface area contributed by atoms with Crippen LogP contribution in [0.15, 0.2) is 77.5 Å². The molecule has 4 amide bonds. The van der Waals surface area contributed by atoms with E-state index in [0.717, 1.165) is 5.56 Å². The third-order valence-electron chi connectivity index (χ3n) is 7.20. The number of hydrogen-bond acceptors (Lipinski definition) is 4. The maximum atomic E-state index is 14.1. The molecule has 2 fully saturated rings. The predicted octanol–water partition coefficient (Wildman–Crippen LogP) is 5.25. The summed E-state index contributed by atoms with van der Waals surface area (Å²) in [6, 6.07) is 17.9. The van der Waals surface area contributed by atoms with Crippen molar-refractivity contribution in [2.75, 3.05) is 18.0 Å². The summed E-state index contributed by atoms with van der Waals surface area (Å²) in [5.41, 5.74) is 2.36. The number of thiophene rings is 1. The number of rotatable bonds is 6. The van der Waals surface area contributed by atoms with Gasteiger partial charge in [-0.1, -0.05) is 36.4 Å². The normalized spacial score (nSPS) is 20.5. The molecule has 0 unspecified atom stereocenters. The Morgan fingerprint density at radius 1 is 0.946 bits per heavy atom. The zero-order chi connectivity index (χ0) is 25.9. The largest absolute Gasteiger partial charge is 0.480 e. The topological polar surface area (TPSA) is 84.4 Å². The Balaban J connectivity index is 1.45. The molecule has 2 aliphatic heterocycles. The summed E-state index contributed by atoms with van der Waals surface area (Å²) in [7, 11) is 0. The summed E-state index contributed by atoms with van der Waals surface area (Å²) in [6.07, 6.45) is 1.21. The minimum absolute atomic E-state index is 0.164. The number of amides is 4. The van der Waals surface area contributed by atoms with Gasteiger partial charge in [0.25, 0.3) is 0 Å². The number of carboxylic acids is 1. The highest BCUT2D eigenvalue weighted by Gasteiger charge is 2.54. The predicted molar refractivity (Wildman–Crippen MR) is 143 cm³/mol. The van der Waals surface area contributed by atoms with E-state index in [1.807, 2.05) is 84.4 Å². The van der Waals surface area contributed by atoms with Crippen LogP contribution in [0.5, 0.6) is 0 Å². The molecule has 0 saturated carbocycles. The Morgan fingerprint density at radius 3 is 2.14 bits per heavy atom. The Labute approximate surface area is 220 Å². The lowest BCUT2D eigenvalue weighted by Gasteiger charge is -2.47. The first-order valence-corrected chi connectivity index (χ1v) is 13.5. The summed E-state index contributed by atoms with van der Waals surface area (Å²) < 4.78 is 0. The van der Waals surface area contributed by atoms with Crippen LogP contribution in [-0.4, -0.2) is 69.1 Å². The van der Waals surface area contributed by atoms with E-state index >= 15 is 0 Å². The third kappa shape index (κ3) is 4.79. The lowest BCUT2D eigenvalue weighted by molar-refractivity contribution is -0.145. The molecular formula is C28H30N4O4S. The van der Waals surface area contributed by atoms with Gasteiger partial charge in [-0.25, -0.2) is 14.4 Å². The van der Waals surface area contributed by atoms with Gasteiger partial charge in [0.2, 0.25) is 0 Å². The lowest BCUT2D eigenvalue weighted by atomic mass is 10.0. The number of carbonyl (C=O) groups is 3. The molecule has 0 aliphatic carbocycles. The van der Waals surface area contributed by atoms with Gasteiger partial charge in [0, 0.05) is 19.6 Å². The first-order valence-electron chi connectivity index (χ1n) is 12.5. The quantitative estimate of drug-likeness (QED) is 0.483. The maximum absolute atomic E-state index is 14.1. The second-order valence-corrected chi connectivity index (χ2v) is 10.1. The van der Waals surface area contributed by atoms with Crippen LogP contribution >= 0.6 is 11.3 Å². The van der Waals surface area contributed by atoms with Gasteiger partial charge in [0.05, 0.1) is 23.5 Å². The Kier molecular flexibility index (Phi) is 7.14. The fourth-order valence-corrected chi connectivity index (χ4v) is 6.14. The molecule has 2 bridgehead atoms. The van der Waals surface area contributed by atoms with Crippen molar-refractivity contribution in [2.24, 2.45) is 0 Å². The average Bonchev–Trinajstić information content (AvgIpc) is 3.54. The highest BCUT2D eigenvalue weighted by Crippen LogP contribution is 2.38. The van der Waals surface area contributed by atoms with Crippen molar-refractivity contribution in [3.05, 3.63) is 83.1 Å². The molecule has 0 spiro atoms. The molecule has 1 N–H and O–H groups in total. The molecule has 37 heavy (non-hydrogen) atoms. The summed E-state index contributed by atoms with van der Waals surface area (Å²) >= 11 is 1.58. The van der Waals surface area contributed by atoms with Gasteiger partial charge < -0.3 is 19.8 Å². The number of likely N-dealkylation sites (tertiary alicyclic amines) is 1. The number of urea groups is 2.